The first-order chi connectivity index (χ1) is 9.16. The van der Waals surface area contributed by atoms with Gasteiger partial charge < -0.3 is 15.4 Å². The second kappa shape index (κ2) is 7.02. The molecule has 0 saturated carbocycles. The van der Waals surface area contributed by atoms with E-state index >= 15 is 0 Å². The molecule has 0 radical (unpaired) electrons. The van der Waals surface area contributed by atoms with E-state index in [4.69, 9.17) is 10.5 Å². The van der Waals surface area contributed by atoms with Crippen molar-refractivity contribution in [1.82, 2.24) is 9.80 Å². The van der Waals surface area contributed by atoms with E-state index in [1.54, 1.807) is 0 Å². The van der Waals surface area contributed by atoms with E-state index in [0.29, 0.717) is 6.10 Å². The molecule has 2 N–H and O–H groups in total. The van der Waals surface area contributed by atoms with Crippen molar-refractivity contribution >= 4 is 0 Å². The van der Waals surface area contributed by atoms with Crippen LogP contribution in [0.15, 0.2) is 0 Å². The van der Waals surface area contributed by atoms with Crippen molar-refractivity contribution in [3.8, 4) is 0 Å². The number of likely N-dealkylation sites (tertiary alicyclic amines) is 1. The van der Waals surface area contributed by atoms with Crippen LogP contribution in [0.2, 0.25) is 0 Å². The molecule has 2 heterocycles. The summed E-state index contributed by atoms with van der Waals surface area (Å²) in [6.45, 7) is 5.12. The third kappa shape index (κ3) is 3.91. The quantitative estimate of drug-likeness (QED) is 0.835. The summed E-state index contributed by atoms with van der Waals surface area (Å²) in [7, 11) is 4.47. The molecule has 2 unspecified atom stereocenters. The Morgan fingerprint density at radius 3 is 2.79 bits per heavy atom. The van der Waals surface area contributed by atoms with E-state index < -0.39 is 0 Å². The average Bonchev–Trinajstić information content (AvgIpc) is 2.62. The molecule has 0 aromatic rings. The molecule has 0 aliphatic carbocycles. The number of nitrogens with two attached hydrogens (primary N) is 1. The summed E-state index contributed by atoms with van der Waals surface area (Å²) in [5.74, 6) is 0. The normalized spacial score (nSPS) is 34.4. The third-order valence-electron chi connectivity index (χ3n) is 5.08. The molecule has 2 fully saturated rings. The van der Waals surface area contributed by atoms with Crippen LogP contribution in [-0.2, 0) is 4.74 Å². The Labute approximate surface area is 118 Å². The second-order valence-corrected chi connectivity index (χ2v) is 6.45. The minimum Gasteiger partial charge on any atom is -0.377 e. The van der Waals surface area contributed by atoms with Gasteiger partial charge >= 0.3 is 0 Å². The van der Waals surface area contributed by atoms with Crippen molar-refractivity contribution in [2.24, 2.45) is 5.73 Å². The molecular weight excluding hydrogens is 238 g/mol. The first-order valence-electron chi connectivity index (χ1n) is 7.88. The summed E-state index contributed by atoms with van der Waals surface area (Å²) in [6.07, 6.45) is 7.83. The van der Waals surface area contributed by atoms with Gasteiger partial charge in [0.15, 0.2) is 0 Å². The van der Waals surface area contributed by atoms with Crippen LogP contribution in [-0.4, -0.2) is 68.3 Å². The van der Waals surface area contributed by atoms with Crippen molar-refractivity contribution in [3.05, 3.63) is 0 Å². The number of hydrogen-bond acceptors (Lipinski definition) is 4. The maximum atomic E-state index is 6.16. The van der Waals surface area contributed by atoms with Gasteiger partial charge in [-0.15, -0.1) is 0 Å². The number of hydrogen-bond donors (Lipinski definition) is 1. The van der Waals surface area contributed by atoms with Gasteiger partial charge in [0.05, 0.1) is 6.10 Å². The predicted molar refractivity (Wildman–Crippen MR) is 79.4 cm³/mol. The highest BCUT2D eigenvalue weighted by atomic mass is 16.5. The molecule has 2 aliphatic heterocycles. The molecule has 2 aliphatic rings. The summed E-state index contributed by atoms with van der Waals surface area (Å²) in [5.41, 5.74) is 6.34. The number of rotatable bonds is 4. The van der Waals surface area contributed by atoms with Crippen molar-refractivity contribution in [1.29, 1.82) is 0 Å². The van der Waals surface area contributed by atoms with E-state index in [2.05, 4.69) is 23.9 Å². The topological polar surface area (TPSA) is 41.7 Å². The Hall–Kier alpha value is -0.160. The number of likely N-dealkylation sites (N-methyl/N-ethyl adjacent to an activating group) is 1. The SMILES string of the molecule is CN1CCCC(CN)(N(C)CC2CCCCO2)CC1. The first-order valence-corrected chi connectivity index (χ1v) is 7.88. The fourth-order valence-electron chi connectivity index (χ4n) is 3.51. The number of nitrogens with zero attached hydrogens (tertiary/aromatic N) is 2. The van der Waals surface area contributed by atoms with Gasteiger partial charge in [0.1, 0.15) is 0 Å². The largest absolute Gasteiger partial charge is 0.377 e. The van der Waals surface area contributed by atoms with E-state index in [0.717, 1.165) is 26.2 Å². The third-order valence-corrected chi connectivity index (χ3v) is 5.08. The Balaban J connectivity index is 1.94. The van der Waals surface area contributed by atoms with Gasteiger partial charge in [-0.25, -0.2) is 0 Å². The zero-order chi connectivity index (χ0) is 13.7. The highest BCUT2D eigenvalue weighted by Crippen LogP contribution is 2.28. The fraction of sp³-hybridized carbons (Fsp3) is 1.00. The molecule has 4 nitrogen and oxygen atoms in total. The summed E-state index contributed by atoms with van der Waals surface area (Å²) >= 11 is 0. The first kappa shape index (κ1) is 15.2. The maximum Gasteiger partial charge on any atom is 0.0702 e. The van der Waals surface area contributed by atoms with Crippen molar-refractivity contribution in [2.75, 3.05) is 46.9 Å². The molecule has 0 bridgehead atoms. The lowest BCUT2D eigenvalue weighted by Crippen LogP contribution is -2.55. The monoisotopic (exact) mass is 269 g/mol. The van der Waals surface area contributed by atoms with Crippen LogP contribution in [0.25, 0.3) is 0 Å². The fourth-order valence-corrected chi connectivity index (χ4v) is 3.51. The minimum atomic E-state index is 0.186. The van der Waals surface area contributed by atoms with Crippen LogP contribution < -0.4 is 5.73 Å². The molecule has 0 spiro atoms. The Morgan fingerprint density at radius 1 is 1.26 bits per heavy atom. The standard InChI is InChI=1S/C15H31N3O/c1-17-9-5-7-15(13-16,8-10-17)18(2)12-14-6-3-4-11-19-14/h14H,3-13,16H2,1-2H3. The minimum absolute atomic E-state index is 0.186. The zero-order valence-electron chi connectivity index (χ0n) is 12.7. The van der Waals surface area contributed by atoms with Crippen molar-refractivity contribution in [2.45, 2.75) is 50.2 Å². The smallest absolute Gasteiger partial charge is 0.0702 e. The lowest BCUT2D eigenvalue weighted by Gasteiger charge is -2.42. The molecule has 0 aromatic carbocycles. The molecule has 0 amide bonds. The van der Waals surface area contributed by atoms with Crippen LogP contribution in [0.5, 0.6) is 0 Å². The van der Waals surface area contributed by atoms with E-state index in [1.165, 1.54) is 45.1 Å². The molecule has 2 atom stereocenters. The summed E-state index contributed by atoms with van der Waals surface area (Å²) < 4.78 is 5.89. The van der Waals surface area contributed by atoms with Crippen LogP contribution in [0.1, 0.15) is 38.5 Å². The lowest BCUT2D eigenvalue weighted by molar-refractivity contribution is -0.0252. The van der Waals surface area contributed by atoms with Gasteiger partial charge in [-0.1, -0.05) is 0 Å². The van der Waals surface area contributed by atoms with Gasteiger partial charge in [0, 0.05) is 25.2 Å². The van der Waals surface area contributed by atoms with Gasteiger partial charge in [0.2, 0.25) is 0 Å². The van der Waals surface area contributed by atoms with Crippen molar-refractivity contribution in [3.63, 3.8) is 0 Å². The van der Waals surface area contributed by atoms with Crippen LogP contribution >= 0.6 is 0 Å². The molecule has 19 heavy (non-hydrogen) atoms. The predicted octanol–water partition coefficient (Wildman–Crippen LogP) is 1.30. The van der Waals surface area contributed by atoms with Crippen molar-refractivity contribution < 1.29 is 4.74 Å². The van der Waals surface area contributed by atoms with Gasteiger partial charge in [-0.05, 0) is 65.7 Å². The van der Waals surface area contributed by atoms with Gasteiger partial charge in [-0.2, -0.15) is 0 Å². The Kier molecular flexibility index (Phi) is 5.63. The Bertz CT molecular complexity index is 268. The molecule has 2 rings (SSSR count). The lowest BCUT2D eigenvalue weighted by atomic mass is 9.88. The van der Waals surface area contributed by atoms with Gasteiger partial charge in [0.25, 0.3) is 0 Å². The van der Waals surface area contributed by atoms with E-state index in [-0.39, 0.29) is 5.54 Å². The highest BCUT2D eigenvalue weighted by molar-refractivity contribution is 4.94. The zero-order valence-corrected chi connectivity index (χ0v) is 12.7. The molecule has 2 saturated heterocycles. The molecule has 0 aromatic heterocycles. The number of ether oxygens (including phenoxy) is 1. The molecular formula is C15H31N3O. The molecule has 112 valence electrons. The second-order valence-electron chi connectivity index (χ2n) is 6.45. The van der Waals surface area contributed by atoms with Crippen LogP contribution in [0, 0.1) is 0 Å². The van der Waals surface area contributed by atoms with Crippen LogP contribution in [0.3, 0.4) is 0 Å². The summed E-state index contributed by atoms with van der Waals surface area (Å²) in [5, 5.41) is 0. The Morgan fingerprint density at radius 2 is 2.11 bits per heavy atom. The molecule has 4 heteroatoms. The summed E-state index contributed by atoms with van der Waals surface area (Å²) in [4.78, 5) is 4.94. The maximum absolute atomic E-state index is 6.16. The van der Waals surface area contributed by atoms with E-state index in [1.807, 2.05) is 0 Å². The highest BCUT2D eigenvalue weighted by Gasteiger charge is 2.35. The van der Waals surface area contributed by atoms with Crippen LogP contribution in [0.4, 0.5) is 0 Å². The van der Waals surface area contributed by atoms with Gasteiger partial charge in [-0.3, -0.25) is 4.90 Å². The summed E-state index contributed by atoms with van der Waals surface area (Å²) in [6, 6.07) is 0. The van der Waals surface area contributed by atoms with E-state index in [9.17, 15) is 0 Å². The average molecular weight is 269 g/mol.